The molecule has 1 aromatic carbocycles. The number of anilines is 1. The standard InChI is InChI=1S/C19H26N4O4/c1-12(20-18(26)27-19(3,4)5)16(24)21-15-13(2)22(6)23(17(15)25)14-10-8-7-9-11-14/h7-12H,1-6H3,(H,20,26)(H,21,24)/t12-/m1/s1. The number of ether oxygens (including phenoxy) is 1. The van der Waals surface area contributed by atoms with E-state index in [4.69, 9.17) is 4.74 Å². The monoisotopic (exact) mass is 374 g/mol. The summed E-state index contributed by atoms with van der Waals surface area (Å²) in [7, 11) is 1.74. The van der Waals surface area contributed by atoms with E-state index in [-0.39, 0.29) is 11.2 Å². The van der Waals surface area contributed by atoms with Crippen LogP contribution in [0.2, 0.25) is 0 Å². The van der Waals surface area contributed by atoms with Crippen LogP contribution in [0.3, 0.4) is 0 Å². The van der Waals surface area contributed by atoms with Crippen LogP contribution < -0.4 is 16.2 Å². The molecule has 1 aromatic heterocycles. The van der Waals surface area contributed by atoms with E-state index >= 15 is 0 Å². The summed E-state index contributed by atoms with van der Waals surface area (Å²) in [6.45, 7) is 8.46. The quantitative estimate of drug-likeness (QED) is 0.859. The van der Waals surface area contributed by atoms with Crippen LogP contribution in [-0.4, -0.2) is 33.0 Å². The van der Waals surface area contributed by atoms with Gasteiger partial charge in [0, 0.05) is 7.05 Å². The largest absolute Gasteiger partial charge is 0.444 e. The molecule has 0 aliphatic heterocycles. The maximum absolute atomic E-state index is 12.8. The van der Waals surface area contributed by atoms with Crippen LogP contribution in [0.25, 0.3) is 5.69 Å². The summed E-state index contributed by atoms with van der Waals surface area (Å²) < 4.78 is 8.27. The fourth-order valence-corrected chi connectivity index (χ4v) is 2.49. The van der Waals surface area contributed by atoms with Crippen LogP contribution in [0.1, 0.15) is 33.4 Å². The first-order valence-corrected chi connectivity index (χ1v) is 8.65. The van der Waals surface area contributed by atoms with Crippen LogP contribution in [0.15, 0.2) is 35.1 Å². The highest BCUT2D eigenvalue weighted by molar-refractivity contribution is 5.96. The molecule has 2 rings (SSSR count). The maximum atomic E-state index is 12.8. The molecule has 0 unspecified atom stereocenters. The smallest absolute Gasteiger partial charge is 0.408 e. The molecule has 8 heteroatoms. The number of rotatable bonds is 4. The second-order valence-electron chi connectivity index (χ2n) is 7.29. The Hall–Kier alpha value is -3.03. The predicted molar refractivity (Wildman–Crippen MR) is 103 cm³/mol. The topological polar surface area (TPSA) is 94.4 Å². The maximum Gasteiger partial charge on any atom is 0.408 e. The average Bonchev–Trinajstić information content (AvgIpc) is 2.77. The summed E-state index contributed by atoms with van der Waals surface area (Å²) in [6.07, 6.45) is -0.698. The third kappa shape index (κ3) is 4.78. The van der Waals surface area contributed by atoms with Crippen molar-refractivity contribution in [2.45, 2.75) is 46.3 Å². The number of hydrogen-bond donors (Lipinski definition) is 2. The first-order valence-electron chi connectivity index (χ1n) is 8.65. The van der Waals surface area contributed by atoms with E-state index in [0.29, 0.717) is 11.4 Å². The summed E-state index contributed by atoms with van der Waals surface area (Å²) >= 11 is 0. The molecule has 0 saturated heterocycles. The molecular weight excluding hydrogens is 348 g/mol. The van der Waals surface area contributed by atoms with Crippen molar-refractivity contribution in [3.8, 4) is 5.69 Å². The average molecular weight is 374 g/mol. The Morgan fingerprint density at radius 1 is 1.15 bits per heavy atom. The van der Waals surface area contributed by atoms with Crippen molar-refractivity contribution < 1.29 is 14.3 Å². The van der Waals surface area contributed by atoms with Gasteiger partial charge in [-0.05, 0) is 46.8 Å². The second-order valence-corrected chi connectivity index (χ2v) is 7.29. The Labute approximate surface area is 158 Å². The number of hydrogen-bond acceptors (Lipinski definition) is 4. The van der Waals surface area contributed by atoms with E-state index < -0.39 is 23.6 Å². The SMILES string of the molecule is Cc1c(NC(=O)[C@@H](C)NC(=O)OC(C)(C)C)c(=O)n(-c2ccccc2)n1C. The first-order chi connectivity index (χ1) is 12.5. The van der Waals surface area contributed by atoms with E-state index in [2.05, 4.69) is 10.6 Å². The molecule has 146 valence electrons. The summed E-state index contributed by atoms with van der Waals surface area (Å²) in [5, 5.41) is 5.07. The number of aromatic nitrogens is 2. The number of nitrogens with one attached hydrogen (secondary N) is 2. The predicted octanol–water partition coefficient (Wildman–Crippen LogP) is 2.34. The molecule has 2 N–H and O–H groups in total. The molecule has 0 fully saturated rings. The van der Waals surface area contributed by atoms with E-state index in [1.807, 2.05) is 18.2 Å². The fraction of sp³-hybridized carbons (Fsp3) is 0.421. The third-order valence-electron chi connectivity index (χ3n) is 3.93. The minimum absolute atomic E-state index is 0.171. The molecule has 1 heterocycles. The van der Waals surface area contributed by atoms with Crippen molar-refractivity contribution in [2.75, 3.05) is 5.32 Å². The van der Waals surface area contributed by atoms with E-state index in [1.165, 1.54) is 11.6 Å². The van der Waals surface area contributed by atoms with Crippen molar-refractivity contribution >= 4 is 17.7 Å². The molecule has 27 heavy (non-hydrogen) atoms. The van der Waals surface area contributed by atoms with Crippen molar-refractivity contribution in [1.82, 2.24) is 14.7 Å². The number of alkyl carbamates (subject to hydrolysis) is 1. The summed E-state index contributed by atoms with van der Waals surface area (Å²) in [6, 6.07) is 8.25. The van der Waals surface area contributed by atoms with Crippen molar-refractivity contribution in [2.24, 2.45) is 7.05 Å². The van der Waals surface area contributed by atoms with Crippen LogP contribution in [0.4, 0.5) is 10.5 Å². The lowest BCUT2D eigenvalue weighted by molar-refractivity contribution is -0.117. The Bertz CT molecular complexity index is 891. The van der Waals surface area contributed by atoms with Crippen molar-refractivity contribution in [3.05, 3.63) is 46.4 Å². The highest BCUT2D eigenvalue weighted by Gasteiger charge is 2.24. The van der Waals surface area contributed by atoms with Gasteiger partial charge in [0.25, 0.3) is 5.56 Å². The molecule has 0 aliphatic rings. The molecule has 2 amide bonds. The van der Waals surface area contributed by atoms with Crippen LogP contribution in [0, 0.1) is 6.92 Å². The molecule has 1 atom stereocenters. The van der Waals surface area contributed by atoms with Gasteiger partial charge in [-0.15, -0.1) is 0 Å². The van der Waals surface area contributed by atoms with Gasteiger partial charge in [0.15, 0.2) is 0 Å². The third-order valence-corrected chi connectivity index (χ3v) is 3.93. The lowest BCUT2D eigenvalue weighted by Gasteiger charge is -2.21. The van der Waals surface area contributed by atoms with Gasteiger partial charge in [0.05, 0.1) is 11.4 Å². The lowest BCUT2D eigenvalue weighted by atomic mass is 10.2. The number of nitrogens with zero attached hydrogens (tertiary/aromatic N) is 2. The highest BCUT2D eigenvalue weighted by Crippen LogP contribution is 2.14. The van der Waals surface area contributed by atoms with Gasteiger partial charge < -0.3 is 15.4 Å². The number of carbonyl (C=O) groups excluding carboxylic acids is 2. The number of benzene rings is 1. The zero-order valence-electron chi connectivity index (χ0n) is 16.5. The fourth-order valence-electron chi connectivity index (χ4n) is 2.49. The first kappa shape index (κ1) is 20.3. The minimum atomic E-state index is -0.871. The summed E-state index contributed by atoms with van der Waals surface area (Å²) in [5.74, 6) is -0.508. The zero-order chi connectivity index (χ0) is 20.4. The summed E-state index contributed by atoms with van der Waals surface area (Å²) in [4.78, 5) is 37.1. The molecule has 0 aliphatic carbocycles. The lowest BCUT2D eigenvalue weighted by Crippen LogP contribution is -2.44. The molecule has 0 radical (unpaired) electrons. The number of para-hydroxylation sites is 1. The Balaban J connectivity index is 2.19. The highest BCUT2D eigenvalue weighted by atomic mass is 16.6. The number of amides is 2. The van der Waals surface area contributed by atoms with Gasteiger partial charge in [0.1, 0.15) is 17.3 Å². The van der Waals surface area contributed by atoms with Gasteiger partial charge in [-0.25, -0.2) is 9.48 Å². The normalized spacial score (nSPS) is 12.4. The Kier molecular flexibility index (Phi) is 5.78. The van der Waals surface area contributed by atoms with Crippen LogP contribution in [-0.2, 0) is 16.6 Å². The molecular formula is C19H26N4O4. The Morgan fingerprint density at radius 2 is 1.74 bits per heavy atom. The number of carbonyl (C=O) groups is 2. The molecule has 0 bridgehead atoms. The second kappa shape index (κ2) is 7.69. The van der Waals surface area contributed by atoms with Crippen LogP contribution in [0.5, 0.6) is 0 Å². The minimum Gasteiger partial charge on any atom is -0.444 e. The van der Waals surface area contributed by atoms with Gasteiger partial charge in [-0.2, -0.15) is 0 Å². The van der Waals surface area contributed by atoms with Gasteiger partial charge in [0.2, 0.25) is 5.91 Å². The van der Waals surface area contributed by atoms with E-state index in [1.54, 1.807) is 51.6 Å². The molecule has 8 nitrogen and oxygen atoms in total. The molecule has 0 saturated carbocycles. The van der Waals surface area contributed by atoms with Crippen molar-refractivity contribution in [1.29, 1.82) is 0 Å². The molecule has 2 aromatic rings. The van der Waals surface area contributed by atoms with Gasteiger partial charge >= 0.3 is 6.09 Å². The summed E-state index contributed by atoms with van der Waals surface area (Å²) in [5.41, 5.74) is 0.443. The molecule has 0 spiro atoms. The van der Waals surface area contributed by atoms with E-state index in [9.17, 15) is 14.4 Å². The van der Waals surface area contributed by atoms with Crippen LogP contribution >= 0.6 is 0 Å². The van der Waals surface area contributed by atoms with E-state index in [0.717, 1.165) is 0 Å². The van der Waals surface area contributed by atoms with Gasteiger partial charge in [-0.1, -0.05) is 18.2 Å². The Morgan fingerprint density at radius 3 is 2.30 bits per heavy atom. The van der Waals surface area contributed by atoms with Gasteiger partial charge in [-0.3, -0.25) is 14.3 Å². The zero-order valence-corrected chi connectivity index (χ0v) is 16.5. The van der Waals surface area contributed by atoms with Crippen molar-refractivity contribution in [3.63, 3.8) is 0 Å².